The second-order valence-corrected chi connectivity index (χ2v) is 4.83. The van der Waals surface area contributed by atoms with Crippen LogP contribution in [0.25, 0.3) is 0 Å². The van der Waals surface area contributed by atoms with Crippen molar-refractivity contribution in [2.45, 2.75) is 27.2 Å². The first-order valence-electron chi connectivity index (χ1n) is 5.95. The summed E-state index contributed by atoms with van der Waals surface area (Å²) in [5.74, 6) is -1.08. The highest BCUT2D eigenvalue weighted by molar-refractivity contribution is 5.90. The van der Waals surface area contributed by atoms with Gasteiger partial charge in [-0.25, -0.2) is 4.79 Å². The van der Waals surface area contributed by atoms with Crippen LogP contribution in [0, 0.1) is 5.41 Å². The molecule has 0 aliphatic heterocycles. The fraction of sp³-hybridized carbons (Fsp3) is 0.429. The molecule has 19 heavy (non-hydrogen) atoms. The molecule has 104 valence electrons. The minimum Gasteiger partial charge on any atom is -0.508 e. The van der Waals surface area contributed by atoms with Crippen molar-refractivity contribution < 1.29 is 24.2 Å². The molecule has 0 aliphatic carbocycles. The number of hydrogen-bond donors (Lipinski definition) is 1. The molecule has 0 radical (unpaired) electrons. The lowest BCUT2D eigenvalue weighted by Crippen LogP contribution is -2.28. The summed E-state index contributed by atoms with van der Waals surface area (Å²) in [5, 5.41) is 9.51. The van der Waals surface area contributed by atoms with Crippen molar-refractivity contribution in [1.29, 1.82) is 0 Å². The van der Waals surface area contributed by atoms with E-state index in [4.69, 9.17) is 4.74 Å². The van der Waals surface area contributed by atoms with Crippen LogP contribution in [0.4, 0.5) is 0 Å². The topological polar surface area (TPSA) is 72.8 Å². The fourth-order valence-electron chi connectivity index (χ4n) is 1.27. The highest BCUT2D eigenvalue weighted by Crippen LogP contribution is 2.27. The molecule has 0 saturated carbocycles. The zero-order valence-electron chi connectivity index (χ0n) is 11.5. The third kappa shape index (κ3) is 3.71. The monoisotopic (exact) mass is 266 g/mol. The number of aromatic hydroxyl groups is 1. The van der Waals surface area contributed by atoms with Crippen molar-refractivity contribution in [2.75, 3.05) is 7.11 Å². The van der Waals surface area contributed by atoms with Crippen LogP contribution in [-0.2, 0) is 9.53 Å². The van der Waals surface area contributed by atoms with Crippen molar-refractivity contribution in [3.8, 4) is 11.5 Å². The van der Waals surface area contributed by atoms with Gasteiger partial charge in [0.15, 0.2) is 0 Å². The third-order valence-corrected chi connectivity index (χ3v) is 2.96. The van der Waals surface area contributed by atoms with E-state index in [9.17, 15) is 14.7 Å². The quantitative estimate of drug-likeness (QED) is 0.669. The van der Waals surface area contributed by atoms with E-state index >= 15 is 0 Å². The van der Waals surface area contributed by atoms with E-state index in [1.165, 1.54) is 25.3 Å². The van der Waals surface area contributed by atoms with Gasteiger partial charge in [0, 0.05) is 6.07 Å². The Balaban J connectivity index is 2.99. The maximum absolute atomic E-state index is 11.9. The third-order valence-electron chi connectivity index (χ3n) is 2.96. The van der Waals surface area contributed by atoms with Crippen LogP contribution >= 0.6 is 0 Å². The summed E-state index contributed by atoms with van der Waals surface area (Å²) in [6.07, 6.45) is 0.620. The Labute approximate surface area is 112 Å². The molecule has 5 nitrogen and oxygen atoms in total. The Morgan fingerprint density at radius 2 is 1.89 bits per heavy atom. The highest BCUT2D eigenvalue weighted by atomic mass is 16.5. The molecule has 0 aromatic heterocycles. The number of methoxy groups -OCH3 is 1. The number of rotatable bonds is 4. The highest BCUT2D eigenvalue weighted by Gasteiger charge is 2.28. The van der Waals surface area contributed by atoms with Gasteiger partial charge in [0.25, 0.3) is 0 Å². The SMILES string of the molecule is CCC(C)(C)C(=O)Oc1cc(O)cc(C(=O)OC)c1. The van der Waals surface area contributed by atoms with Gasteiger partial charge < -0.3 is 14.6 Å². The number of esters is 2. The first-order valence-corrected chi connectivity index (χ1v) is 5.95. The lowest BCUT2D eigenvalue weighted by atomic mass is 9.91. The Hall–Kier alpha value is -2.04. The van der Waals surface area contributed by atoms with Crippen LogP contribution in [0.3, 0.4) is 0 Å². The number of carbonyl (C=O) groups excluding carboxylic acids is 2. The number of carbonyl (C=O) groups is 2. The van der Waals surface area contributed by atoms with E-state index in [2.05, 4.69) is 4.74 Å². The largest absolute Gasteiger partial charge is 0.508 e. The van der Waals surface area contributed by atoms with Gasteiger partial charge in [-0.1, -0.05) is 6.92 Å². The molecule has 1 aromatic rings. The predicted molar refractivity (Wildman–Crippen MR) is 69.2 cm³/mol. The fourth-order valence-corrected chi connectivity index (χ4v) is 1.27. The van der Waals surface area contributed by atoms with Crippen molar-refractivity contribution in [2.24, 2.45) is 5.41 Å². The number of hydrogen-bond acceptors (Lipinski definition) is 5. The van der Waals surface area contributed by atoms with E-state index in [-0.39, 0.29) is 17.1 Å². The zero-order chi connectivity index (χ0) is 14.6. The van der Waals surface area contributed by atoms with Crippen molar-refractivity contribution in [1.82, 2.24) is 0 Å². The molecule has 0 fully saturated rings. The van der Waals surface area contributed by atoms with Crippen LogP contribution in [0.2, 0.25) is 0 Å². The van der Waals surface area contributed by atoms with Gasteiger partial charge in [0.05, 0.1) is 18.1 Å². The Bertz CT molecular complexity index is 491. The smallest absolute Gasteiger partial charge is 0.338 e. The average molecular weight is 266 g/mol. The Morgan fingerprint density at radius 1 is 1.26 bits per heavy atom. The molecule has 5 heteroatoms. The molecule has 0 atom stereocenters. The summed E-state index contributed by atoms with van der Waals surface area (Å²) < 4.78 is 9.73. The van der Waals surface area contributed by atoms with Gasteiger partial charge in [0.1, 0.15) is 11.5 Å². The minimum absolute atomic E-state index is 0.118. The maximum atomic E-state index is 11.9. The molecule has 1 aromatic carbocycles. The second kappa shape index (κ2) is 5.73. The molecule has 0 heterocycles. The van der Waals surface area contributed by atoms with Crippen LogP contribution < -0.4 is 4.74 Å². The van der Waals surface area contributed by atoms with Gasteiger partial charge in [-0.2, -0.15) is 0 Å². The van der Waals surface area contributed by atoms with Crippen LogP contribution in [0.15, 0.2) is 18.2 Å². The molecule has 0 unspecified atom stereocenters. The summed E-state index contributed by atoms with van der Waals surface area (Å²) in [6, 6.07) is 3.87. The molecule has 0 amide bonds. The van der Waals surface area contributed by atoms with E-state index in [1.807, 2.05) is 6.92 Å². The normalized spacial score (nSPS) is 10.9. The van der Waals surface area contributed by atoms with Gasteiger partial charge in [-0.3, -0.25) is 4.79 Å². The maximum Gasteiger partial charge on any atom is 0.338 e. The van der Waals surface area contributed by atoms with E-state index in [1.54, 1.807) is 13.8 Å². The van der Waals surface area contributed by atoms with E-state index in [0.717, 1.165) is 0 Å². The number of benzene rings is 1. The standard InChI is InChI=1S/C14H18O5/c1-5-14(2,3)13(17)19-11-7-9(12(16)18-4)6-10(15)8-11/h6-8,15H,5H2,1-4H3. The van der Waals surface area contributed by atoms with Gasteiger partial charge >= 0.3 is 11.9 Å². The predicted octanol–water partition coefficient (Wildman–Crippen LogP) is 2.52. The molecule has 1 rings (SSSR count). The molecule has 0 bridgehead atoms. The average Bonchev–Trinajstić information content (AvgIpc) is 2.36. The van der Waals surface area contributed by atoms with Gasteiger partial charge in [0.2, 0.25) is 0 Å². The Kier molecular flexibility index (Phi) is 4.53. The van der Waals surface area contributed by atoms with Crippen molar-refractivity contribution in [3.05, 3.63) is 23.8 Å². The summed E-state index contributed by atoms with van der Waals surface area (Å²) >= 11 is 0. The summed E-state index contributed by atoms with van der Waals surface area (Å²) in [4.78, 5) is 23.3. The first-order chi connectivity index (χ1) is 8.80. The molecule has 0 aliphatic rings. The summed E-state index contributed by atoms with van der Waals surface area (Å²) in [6.45, 7) is 5.41. The van der Waals surface area contributed by atoms with Crippen LogP contribution in [0.5, 0.6) is 11.5 Å². The minimum atomic E-state index is -0.628. The number of ether oxygens (including phenoxy) is 2. The summed E-state index contributed by atoms with van der Waals surface area (Å²) in [5.41, 5.74) is -0.503. The number of phenols is 1. The lowest BCUT2D eigenvalue weighted by molar-refractivity contribution is -0.144. The molecule has 1 N–H and O–H groups in total. The second-order valence-electron chi connectivity index (χ2n) is 4.83. The lowest BCUT2D eigenvalue weighted by Gasteiger charge is -2.20. The van der Waals surface area contributed by atoms with Crippen LogP contribution in [0.1, 0.15) is 37.6 Å². The first kappa shape index (κ1) is 15.0. The van der Waals surface area contributed by atoms with E-state index in [0.29, 0.717) is 6.42 Å². The van der Waals surface area contributed by atoms with Gasteiger partial charge in [-0.05, 0) is 32.4 Å². The van der Waals surface area contributed by atoms with Gasteiger partial charge in [-0.15, -0.1) is 0 Å². The molecular formula is C14H18O5. The van der Waals surface area contributed by atoms with Crippen molar-refractivity contribution in [3.63, 3.8) is 0 Å². The van der Waals surface area contributed by atoms with Crippen LogP contribution in [-0.4, -0.2) is 24.2 Å². The summed E-state index contributed by atoms with van der Waals surface area (Å²) in [7, 11) is 1.23. The Morgan fingerprint density at radius 3 is 2.42 bits per heavy atom. The molecule has 0 spiro atoms. The number of phenolic OH excluding ortho intramolecular Hbond substituents is 1. The van der Waals surface area contributed by atoms with Crippen molar-refractivity contribution >= 4 is 11.9 Å². The molecule has 0 saturated heterocycles. The zero-order valence-corrected chi connectivity index (χ0v) is 11.5. The van der Waals surface area contributed by atoms with E-state index < -0.39 is 17.4 Å². The molecular weight excluding hydrogens is 248 g/mol.